The number of halogens is 1. The van der Waals surface area contributed by atoms with Gasteiger partial charge in [-0.15, -0.1) is 5.10 Å². The van der Waals surface area contributed by atoms with Gasteiger partial charge in [0, 0.05) is 30.5 Å². The van der Waals surface area contributed by atoms with Crippen LogP contribution in [0.15, 0.2) is 38.7 Å². The zero-order valence-electron chi connectivity index (χ0n) is 12.3. The highest BCUT2D eigenvalue weighted by Crippen LogP contribution is 2.19. The molecule has 0 radical (unpaired) electrons. The van der Waals surface area contributed by atoms with E-state index < -0.39 is 0 Å². The Balaban J connectivity index is 1.80. The average molecular weight is 388 g/mol. The first-order valence-corrected chi connectivity index (χ1v) is 8.64. The van der Waals surface area contributed by atoms with Gasteiger partial charge in [-0.25, -0.2) is 9.89 Å². The first kappa shape index (κ1) is 17.1. The van der Waals surface area contributed by atoms with E-state index in [0.717, 1.165) is 16.6 Å². The van der Waals surface area contributed by atoms with Crippen LogP contribution in [-0.2, 0) is 11.3 Å². The summed E-state index contributed by atoms with van der Waals surface area (Å²) in [6, 6.07) is 7.70. The molecule has 120 valence electrons. The van der Waals surface area contributed by atoms with Crippen LogP contribution < -0.4 is 10.4 Å². The number of aromatic amines is 1. The van der Waals surface area contributed by atoms with Gasteiger partial charge in [-0.1, -0.05) is 33.8 Å². The van der Waals surface area contributed by atoms with Crippen molar-refractivity contribution in [1.29, 1.82) is 0 Å². The number of aromatic nitrogens is 3. The fraction of sp³-hybridized carbons (Fsp3) is 0.429. The zero-order chi connectivity index (χ0) is 15.8. The Hall–Kier alpha value is -1.25. The minimum Gasteiger partial charge on any atom is -0.493 e. The second kappa shape index (κ2) is 9.02. The summed E-state index contributed by atoms with van der Waals surface area (Å²) in [6.07, 6.45) is 0.776. The number of thioether (sulfide) groups is 1. The van der Waals surface area contributed by atoms with Crippen LogP contribution in [0, 0.1) is 0 Å². The van der Waals surface area contributed by atoms with Crippen LogP contribution in [-0.4, -0.2) is 40.8 Å². The fourth-order valence-electron chi connectivity index (χ4n) is 1.83. The molecule has 0 aliphatic rings. The van der Waals surface area contributed by atoms with Crippen molar-refractivity contribution in [2.75, 3.05) is 26.1 Å². The maximum absolute atomic E-state index is 11.7. The molecule has 1 aromatic carbocycles. The molecule has 0 atom stereocenters. The normalized spacial score (nSPS) is 10.8. The number of methoxy groups -OCH3 is 1. The molecular formula is C14H18BrN3O3S. The summed E-state index contributed by atoms with van der Waals surface area (Å²) in [5, 5.41) is 7.20. The van der Waals surface area contributed by atoms with E-state index in [1.54, 1.807) is 11.7 Å². The van der Waals surface area contributed by atoms with Gasteiger partial charge in [0.1, 0.15) is 5.75 Å². The summed E-state index contributed by atoms with van der Waals surface area (Å²) < 4.78 is 13.3. The first-order valence-electron chi connectivity index (χ1n) is 6.86. The topological polar surface area (TPSA) is 69.1 Å². The Morgan fingerprint density at radius 3 is 3.05 bits per heavy atom. The summed E-state index contributed by atoms with van der Waals surface area (Å²) in [5.41, 5.74) is -0.188. The smallest absolute Gasteiger partial charge is 0.343 e. The van der Waals surface area contributed by atoms with E-state index in [9.17, 15) is 4.79 Å². The van der Waals surface area contributed by atoms with Gasteiger partial charge in [0.15, 0.2) is 5.16 Å². The SMILES string of the molecule is COCCCn1c(SCCOc2cccc(Br)c2)n[nH]c1=O. The Kier molecular flexibility index (Phi) is 7.01. The molecule has 8 heteroatoms. The molecule has 1 N–H and O–H groups in total. The number of nitrogens with one attached hydrogen (secondary N) is 1. The summed E-state index contributed by atoms with van der Waals surface area (Å²) in [5.74, 6) is 1.52. The van der Waals surface area contributed by atoms with Gasteiger partial charge in [-0.05, 0) is 24.6 Å². The Morgan fingerprint density at radius 1 is 1.41 bits per heavy atom. The lowest BCUT2D eigenvalue weighted by Gasteiger charge is -2.07. The third-order valence-electron chi connectivity index (χ3n) is 2.83. The number of nitrogens with zero attached hydrogens (tertiary/aromatic N) is 2. The maximum Gasteiger partial charge on any atom is 0.343 e. The molecule has 0 amide bonds. The number of benzene rings is 1. The predicted octanol–water partition coefficient (Wildman–Crippen LogP) is 2.54. The lowest BCUT2D eigenvalue weighted by molar-refractivity contribution is 0.189. The van der Waals surface area contributed by atoms with Crippen molar-refractivity contribution in [1.82, 2.24) is 14.8 Å². The minimum atomic E-state index is -0.188. The second-order valence-corrected chi connectivity index (χ2v) is 6.44. The van der Waals surface area contributed by atoms with E-state index in [2.05, 4.69) is 26.1 Å². The molecule has 1 heterocycles. The van der Waals surface area contributed by atoms with Gasteiger partial charge in [0.2, 0.25) is 0 Å². The van der Waals surface area contributed by atoms with E-state index in [0.29, 0.717) is 30.7 Å². The molecule has 2 rings (SSSR count). The van der Waals surface area contributed by atoms with Crippen LogP contribution in [0.5, 0.6) is 5.75 Å². The number of hydrogen-bond donors (Lipinski definition) is 1. The molecule has 1 aromatic heterocycles. The van der Waals surface area contributed by atoms with Crippen molar-refractivity contribution >= 4 is 27.7 Å². The predicted molar refractivity (Wildman–Crippen MR) is 89.7 cm³/mol. The van der Waals surface area contributed by atoms with Gasteiger partial charge in [0.25, 0.3) is 0 Å². The molecule has 0 unspecified atom stereocenters. The Labute approximate surface area is 141 Å². The lowest BCUT2D eigenvalue weighted by atomic mass is 10.3. The fourth-order valence-corrected chi connectivity index (χ4v) is 2.99. The van der Waals surface area contributed by atoms with Gasteiger partial charge >= 0.3 is 5.69 Å². The molecular weight excluding hydrogens is 370 g/mol. The molecule has 0 saturated heterocycles. The highest BCUT2D eigenvalue weighted by atomic mass is 79.9. The third kappa shape index (κ3) is 5.19. The van der Waals surface area contributed by atoms with Crippen LogP contribution in [0.1, 0.15) is 6.42 Å². The lowest BCUT2D eigenvalue weighted by Crippen LogP contribution is -2.18. The van der Waals surface area contributed by atoms with E-state index >= 15 is 0 Å². The van der Waals surface area contributed by atoms with Gasteiger partial charge in [0.05, 0.1) is 6.61 Å². The number of hydrogen-bond acceptors (Lipinski definition) is 5. The summed E-state index contributed by atoms with van der Waals surface area (Å²) in [6.45, 7) is 1.76. The van der Waals surface area contributed by atoms with Crippen LogP contribution in [0.3, 0.4) is 0 Å². The number of ether oxygens (including phenoxy) is 2. The van der Waals surface area contributed by atoms with E-state index in [1.165, 1.54) is 11.8 Å². The van der Waals surface area contributed by atoms with Gasteiger partial charge < -0.3 is 9.47 Å². The highest BCUT2D eigenvalue weighted by Gasteiger charge is 2.08. The van der Waals surface area contributed by atoms with Crippen LogP contribution in [0.25, 0.3) is 0 Å². The van der Waals surface area contributed by atoms with Crippen molar-refractivity contribution in [3.05, 3.63) is 39.2 Å². The van der Waals surface area contributed by atoms with E-state index in [1.807, 2.05) is 24.3 Å². The average Bonchev–Trinajstić information content (AvgIpc) is 2.85. The van der Waals surface area contributed by atoms with Crippen molar-refractivity contribution in [2.45, 2.75) is 18.1 Å². The molecule has 0 aliphatic heterocycles. The third-order valence-corrected chi connectivity index (χ3v) is 4.27. The quantitative estimate of drug-likeness (QED) is 0.528. The Morgan fingerprint density at radius 2 is 2.27 bits per heavy atom. The van der Waals surface area contributed by atoms with E-state index in [-0.39, 0.29) is 5.69 Å². The maximum atomic E-state index is 11.7. The van der Waals surface area contributed by atoms with Gasteiger partial charge in [-0.2, -0.15) is 0 Å². The zero-order valence-corrected chi connectivity index (χ0v) is 14.7. The minimum absolute atomic E-state index is 0.188. The Bertz CT molecular complexity index is 644. The standard InChI is InChI=1S/C14H18BrN3O3S/c1-20-7-3-6-18-13(19)16-17-14(18)22-9-8-21-12-5-2-4-11(15)10-12/h2,4-5,10H,3,6-9H2,1H3,(H,16,19). The number of rotatable bonds is 9. The molecule has 22 heavy (non-hydrogen) atoms. The summed E-state index contributed by atoms with van der Waals surface area (Å²) >= 11 is 4.89. The van der Waals surface area contributed by atoms with Crippen molar-refractivity contribution in [3.8, 4) is 5.75 Å². The highest BCUT2D eigenvalue weighted by molar-refractivity contribution is 9.10. The monoisotopic (exact) mass is 387 g/mol. The van der Waals surface area contributed by atoms with Crippen molar-refractivity contribution in [3.63, 3.8) is 0 Å². The summed E-state index contributed by atoms with van der Waals surface area (Å²) in [7, 11) is 1.65. The van der Waals surface area contributed by atoms with E-state index in [4.69, 9.17) is 9.47 Å². The second-order valence-electron chi connectivity index (χ2n) is 4.46. The molecule has 2 aromatic rings. The van der Waals surface area contributed by atoms with Crippen LogP contribution >= 0.6 is 27.7 Å². The van der Waals surface area contributed by atoms with Crippen molar-refractivity contribution in [2.24, 2.45) is 0 Å². The van der Waals surface area contributed by atoms with Crippen LogP contribution in [0.2, 0.25) is 0 Å². The van der Waals surface area contributed by atoms with Crippen LogP contribution in [0.4, 0.5) is 0 Å². The molecule has 0 bridgehead atoms. The van der Waals surface area contributed by atoms with Gasteiger partial charge in [-0.3, -0.25) is 4.57 Å². The molecule has 0 spiro atoms. The summed E-state index contributed by atoms with van der Waals surface area (Å²) in [4.78, 5) is 11.7. The molecule has 0 saturated carbocycles. The molecule has 0 fully saturated rings. The first-order chi connectivity index (χ1) is 10.7. The molecule has 6 nitrogen and oxygen atoms in total. The van der Waals surface area contributed by atoms with Crippen molar-refractivity contribution < 1.29 is 9.47 Å². The largest absolute Gasteiger partial charge is 0.493 e. The molecule has 0 aliphatic carbocycles. The number of H-pyrrole nitrogens is 1.